The first-order valence-electron chi connectivity index (χ1n) is 7.77. The molecule has 0 saturated carbocycles. The molecule has 2 aromatic heterocycles. The van der Waals surface area contributed by atoms with Crippen LogP contribution in [0.5, 0.6) is 5.75 Å². The number of Topliss-reactive ketones (excluding diaryl/α,β-unsaturated/α-hetero) is 1. The van der Waals surface area contributed by atoms with Crippen LogP contribution < -0.4 is 10.3 Å². The van der Waals surface area contributed by atoms with Gasteiger partial charge in [-0.15, -0.1) is 0 Å². The van der Waals surface area contributed by atoms with Crippen LogP contribution in [0, 0.1) is 13.8 Å². The number of hydrogen-bond acceptors (Lipinski definition) is 3. The molecule has 1 aromatic carbocycles. The van der Waals surface area contributed by atoms with E-state index in [9.17, 15) is 9.59 Å². The summed E-state index contributed by atoms with van der Waals surface area (Å²) in [7, 11) is 3.46. The molecule has 0 atom stereocenters. The van der Waals surface area contributed by atoms with E-state index >= 15 is 0 Å². The predicted molar refractivity (Wildman–Crippen MR) is 94.0 cm³/mol. The number of carbonyl (C=O) groups excluding carboxylic acids is 1. The number of benzene rings is 1. The molecule has 3 rings (SSSR count). The minimum Gasteiger partial charge on any atom is -0.494 e. The fraction of sp³-hybridized carbons (Fsp3) is 0.263. The van der Waals surface area contributed by atoms with Crippen LogP contribution in [0.2, 0.25) is 0 Å². The Kier molecular flexibility index (Phi) is 4.01. The number of ether oxygens (including phenoxy) is 1. The van der Waals surface area contributed by atoms with Gasteiger partial charge in [-0.05, 0) is 19.9 Å². The number of aromatic nitrogens is 2. The van der Waals surface area contributed by atoms with Crippen molar-refractivity contribution >= 4 is 16.7 Å². The summed E-state index contributed by atoms with van der Waals surface area (Å²) in [4.78, 5) is 25.5. The summed E-state index contributed by atoms with van der Waals surface area (Å²) in [5.41, 5.74) is 2.85. The van der Waals surface area contributed by atoms with Gasteiger partial charge in [0.15, 0.2) is 11.5 Å². The molecule has 5 heteroatoms. The molecule has 5 nitrogen and oxygen atoms in total. The molecule has 0 aliphatic heterocycles. The van der Waals surface area contributed by atoms with E-state index in [0.717, 1.165) is 16.9 Å². The van der Waals surface area contributed by atoms with E-state index in [0.29, 0.717) is 16.7 Å². The molecular weight excluding hydrogens is 304 g/mol. The van der Waals surface area contributed by atoms with Gasteiger partial charge < -0.3 is 13.9 Å². The van der Waals surface area contributed by atoms with Gasteiger partial charge in [-0.1, -0.05) is 30.3 Å². The average molecular weight is 324 g/mol. The largest absolute Gasteiger partial charge is 0.494 e. The molecule has 0 bridgehead atoms. The first-order valence-corrected chi connectivity index (χ1v) is 7.77. The van der Waals surface area contributed by atoms with Crippen molar-refractivity contribution in [3.8, 4) is 5.75 Å². The fourth-order valence-corrected chi connectivity index (χ4v) is 3.05. The Morgan fingerprint density at radius 2 is 1.83 bits per heavy atom. The number of aryl methyl sites for hydroxylation is 2. The minimum atomic E-state index is -0.199. The highest BCUT2D eigenvalue weighted by Gasteiger charge is 2.19. The second kappa shape index (κ2) is 6.00. The Morgan fingerprint density at radius 1 is 1.17 bits per heavy atom. The summed E-state index contributed by atoms with van der Waals surface area (Å²) in [5, 5.41) is 0.518. The summed E-state index contributed by atoms with van der Waals surface area (Å²) in [6, 6.07) is 10.9. The van der Waals surface area contributed by atoms with E-state index in [1.807, 2.05) is 49.7 Å². The van der Waals surface area contributed by atoms with Crippen molar-refractivity contribution in [2.24, 2.45) is 7.05 Å². The van der Waals surface area contributed by atoms with E-state index in [-0.39, 0.29) is 17.9 Å². The number of methoxy groups -OCH3 is 1. The Bertz CT molecular complexity index is 981. The first kappa shape index (κ1) is 16.1. The van der Waals surface area contributed by atoms with Gasteiger partial charge in [-0.3, -0.25) is 9.59 Å². The highest BCUT2D eigenvalue weighted by molar-refractivity contribution is 5.96. The lowest BCUT2D eigenvalue weighted by molar-refractivity contribution is 0.0970. The third-order valence-corrected chi connectivity index (χ3v) is 4.51. The van der Waals surface area contributed by atoms with Crippen LogP contribution in [0.15, 0.2) is 41.2 Å². The van der Waals surface area contributed by atoms with Crippen molar-refractivity contribution in [2.75, 3.05) is 7.11 Å². The molecule has 124 valence electrons. The van der Waals surface area contributed by atoms with E-state index in [2.05, 4.69) is 0 Å². The molecule has 0 radical (unpaired) electrons. The number of rotatable bonds is 4. The molecule has 0 unspecified atom stereocenters. The molecule has 0 fully saturated rings. The van der Waals surface area contributed by atoms with Crippen LogP contribution in [0.1, 0.15) is 21.7 Å². The zero-order valence-electron chi connectivity index (χ0n) is 14.3. The highest BCUT2D eigenvalue weighted by Crippen LogP contribution is 2.29. The third-order valence-electron chi connectivity index (χ3n) is 4.51. The van der Waals surface area contributed by atoms with Crippen molar-refractivity contribution in [1.82, 2.24) is 9.13 Å². The number of nitrogens with zero attached hydrogens (tertiary/aromatic N) is 2. The number of carbonyl (C=O) groups is 1. The SMILES string of the molecule is COc1c(C)n(C)c2cc(C)n(CC(=O)c3ccccc3)c(=O)c12. The highest BCUT2D eigenvalue weighted by atomic mass is 16.5. The molecule has 0 saturated heterocycles. The van der Waals surface area contributed by atoms with Gasteiger partial charge in [0.25, 0.3) is 5.56 Å². The van der Waals surface area contributed by atoms with Crippen LogP contribution in [0.3, 0.4) is 0 Å². The standard InChI is InChI=1S/C19H20N2O3/c1-12-10-15-17(18(24-4)13(2)20(15)3)19(23)21(12)11-16(22)14-8-6-5-7-9-14/h5-10H,11H2,1-4H3. The zero-order chi connectivity index (χ0) is 17.4. The Morgan fingerprint density at radius 3 is 2.46 bits per heavy atom. The monoisotopic (exact) mass is 324 g/mol. The summed E-state index contributed by atoms with van der Waals surface area (Å²) in [5.74, 6) is 0.477. The molecule has 0 aliphatic rings. The number of hydrogen-bond donors (Lipinski definition) is 0. The van der Waals surface area contributed by atoms with E-state index in [1.54, 1.807) is 19.2 Å². The first-order chi connectivity index (χ1) is 11.5. The number of fused-ring (bicyclic) bond motifs is 1. The molecule has 2 heterocycles. The second-order valence-corrected chi connectivity index (χ2v) is 5.90. The van der Waals surface area contributed by atoms with Crippen LogP contribution in [0.4, 0.5) is 0 Å². The van der Waals surface area contributed by atoms with Crippen LogP contribution in [-0.4, -0.2) is 22.0 Å². The Balaban J connectivity index is 2.16. The van der Waals surface area contributed by atoms with Crippen LogP contribution >= 0.6 is 0 Å². The van der Waals surface area contributed by atoms with Crippen molar-refractivity contribution in [3.63, 3.8) is 0 Å². The maximum atomic E-state index is 13.0. The molecule has 0 N–H and O–H groups in total. The number of ketones is 1. The topological polar surface area (TPSA) is 53.2 Å². The van der Waals surface area contributed by atoms with Crippen molar-refractivity contribution in [1.29, 1.82) is 0 Å². The summed E-state index contributed by atoms with van der Waals surface area (Å²) >= 11 is 0. The Labute approximate surface area is 140 Å². The minimum absolute atomic E-state index is 0.0156. The zero-order valence-corrected chi connectivity index (χ0v) is 14.3. The second-order valence-electron chi connectivity index (χ2n) is 5.90. The quantitative estimate of drug-likeness (QED) is 0.694. The van der Waals surface area contributed by atoms with Gasteiger partial charge in [0.2, 0.25) is 0 Å². The predicted octanol–water partition coefficient (Wildman–Crippen LogP) is 2.85. The van der Waals surface area contributed by atoms with Gasteiger partial charge in [0.1, 0.15) is 5.39 Å². The Hall–Kier alpha value is -2.82. The molecule has 3 aromatic rings. The maximum Gasteiger partial charge on any atom is 0.264 e. The third kappa shape index (κ3) is 2.42. The molecule has 0 aliphatic carbocycles. The van der Waals surface area contributed by atoms with Gasteiger partial charge in [-0.2, -0.15) is 0 Å². The summed E-state index contributed by atoms with van der Waals surface area (Å²) in [6.07, 6.45) is 0. The smallest absolute Gasteiger partial charge is 0.264 e. The molecule has 0 amide bonds. The lowest BCUT2D eigenvalue weighted by atomic mass is 10.1. The van der Waals surface area contributed by atoms with E-state index in [4.69, 9.17) is 4.74 Å². The van der Waals surface area contributed by atoms with Crippen LogP contribution in [-0.2, 0) is 13.6 Å². The van der Waals surface area contributed by atoms with E-state index in [1.165, 1.54) is 4.57 Å². The average Bonchev–Trinajstić information content (AvgIpc) is 2.83. The fourth-order valence-electron chi connectivity index (χ4n) is 3.05. The molecule has 24 heavy (non-hydrogen) atoms. The van der Waals surface area contributed by atoms with Crippen molar-refractivity contribution in [3.05, 3.63) is 63.7 Å². The van der Waals surface area contributed by atoms with E-state index < -0.39 is 0 Å². The lowest BCUT2D eigenvalue weighted by Gasteiger charge is -2.10. The normalized spacial score (nSPS) is 11.0. The maximum absolute atomic E-state index is 13.0. The number of pyridine rings is 1. The van der Waals surface area contributed by atoms with Crippen LogP contribution in [0.25, 0.3) is 10.9 Å². The molecule has 0 spiro atoms. The van der Waals surface area contributed by atoms with Gasteiger partial charge in [0.05, 0.1) is 24.9 Å². The van der Waals surface area contributed by atoms with Crippen molar-refractivity contribution in [2.45, 2.75) is 20.4 Å². The molecular formula is C19H20N2O3. The van der Waals surface area contributed by atoms with Gasteiger partial charge in [0, 0.05) is 18.3 Å². The summed E-state index contributed by atoms with van der Waals surface area (Å²) in [6.45, 7) is 3.77. The van der Waals surface area contributed by atoms with Gasteiger partial charge >= 0.3 is 0 Å². The van der Waals surface area contributed by atoms with Crippen molar-refractivity contribution < 1.29 is 9.53 Å². The summed E-state index contributed by atoms with van der Waals surface area (Å²) < 4.78 is 8.88. The van der Waals surface area contributed by atoms with Gasteiger partial charge in [-0.25, -0.2) is 0 Å². The lowest BCUT2D eigenvalue weighted by Crippen LogP contribution is -2.26.